The van der Waals surface area contributed by atoms with Crippen molar-refractivity contribution in [1.29, 1.82) is 0 Å². The molecule has 0 spiro atoms. The maximum atomic E-state index is 10.8. The van der Waals surface area contributed by atoms with Gasteiger partial charge in [-0.2, -0.15) is 0 Å². The summed E-state index contributed by atoms with van der Waals surface area (Å²) < 4.78 is 5.26. The van der Waals surface area contributed by atoms with E-state index in [0.717, 1.165) is 31.7 Å². The number of aromatic carboxylic acids is 1. The molecule has 5 heteroatoms. The first-order valence-electron chi connectivity index (χ1n) is 5.16. The van der Waals surface area contributed by atoms with Crippen LogP contribution >= 0.6 is 11.6 Å². The fourth-order valence-electron chi connectivity index (χ4n) is 1.83. The Morgan fingerprint density at radius 3 is 2.69 bits per heavy atom. The summed E-state index contributed by atoms with van der Waals surface area (Å²) in [5.74, 6) is -0.717. The molecule has 1 saturated heterocycles. The number of carboxylic acid groups (broad SMARTS) is 1. The van der Waals surface area contributed by atoms with Crippen LogP contribution in [0.1, 0.15) is 34.8 Å². The van der Waals surface area contributed by atoms with Gasteiger partial charge in [0.15, 0.2) is 0 Å². The number of carbonyl (C=O) groups is 1. The summed E-state index contributed by atoms with van der Waals surface area (Å²) >= 11 is 5.82. The van der Waals surface area contributed by atoms with Crippen LogP contribution in [0, 0.1) is 0 Å². The van der Waals surface area contributed by atoms with Gasteiger partial charge in [0, 0.05) is 24.8 Å². The molecule has 1 aliphatic rings. The minimum absolute atomic E-state index is 0.0532. The van der Waals surface area contributed by atoms with Crippen LogP contribution in [0.15, 0.2) is 12.1 Å². The first-order valence-corrected chi connectivity index (χ1v) is 5.54. The Labute approximate surface area is 98.2 Å². The molecule has 1 aliphatic heterocycles. The third-order valence-electron chi connectivity index (χ3n) is 2.74. The van der Waals surface area contributed by atoms with E-state index in [1.807, 2.05) is 0 Å². The van der Waals surface area contributed by atoms with Gasteiger partial charge in [-0.25, -0.2) is 9.78 Å². The van der Waals surface area contributed by atoms with Crippen molar-refractivity contribution in [3.8, 4) is 0 Å². The van der Waals surface area contributed by atoms with Crippen LogP contribution in [0.2, 0.25) is 5.15 Å². The molecule has 2 rings (SSSR count). The highest BCUT2D eigenvalue weighted by Gasteiger charge is 2.19. The Morgan fingerprint density at radius 2 is 2.12 bits per heavy atom. The Morgan fingerprint density at radius 1 is 1.44 bits per heavy atom. The summed E-state index contributed by atoms with van der Waals surface area (Å²) in [4.78, 5) is 14.9. The Balaban J connectivity index is 2.23. The molecule has 0 saturated carbocycles. The highest BCUT2D eigenvalue weighted by molar-refractivity contribution is 6.32. The van der Waals surface area contributed by atoms with Crippen molar-refractivity contribution in [3.63, 3.8) is 0 Å². The smallest absolute Gasteiger partial charge is 0.338 e. The van der Waals surface area contributed by atoms with Crippen molar-refractivity contribution in [3.05, 3.63) is 28.5 Å². The lowest BCUT2D eigenvalue weighted by Gasteiger charge is -2.21. The number of carboxylic acids is 1. The molecule has 86 valence electrons. The van der Waals surface area contributed by atoms with Crippen molar-refractivity contribution >= 4 is 17.6 Å². The number of halogens is 1. The van der Waals surface area contributed by atoms with Crippen LogP contribution in [0.5, 0.6) is 0 Å². The predicted octanol–water partition coefficient (Wildman–Crippen LogP) is 2.33. The number of rotatable bonds is 2. The third kappa shape index (κ3) is 2.33. The molecule has 0 bridgehead atoms. The van der Waals surface area contributed by atoms with Crippen LogP contribution in [0.25, 0.3) is 0 Å². The fraction of sp³-hybridized carbons (Fsp3) is 0.455. The van der Waals surface area contributed by atoms with Gasteiger partial charge in [-0.3, -0.25) is 0 Å². The molecule has 0 atom stereocenters. The average Bonchev–Trinajstić information content (AvgIpc) is 2.29. The largest absolute Gasteiger partial charge is 0.478 e. The van der Waals surface area contributed by atoms with E-state index >= 15 is 0 Å². The van der Waals surface area contributed by atoms with Crippen LogP contribution in [-0.2, 0) is 4.74 Å². The lowest BCUT2D eigenvalue weighted by molar-refractivity contribution is 0.0696. The first-order chi connectivity index (χ1) is 7.68. The number of ether oxygens (including phenoxy) is 1. The van der Waals surface area contributed by atoms with Gasteiger partial charge in [-0.15, -0.1) is 0 Å². The van der Waals surface area contributed by atoms with E-state index in [9.17, 15) is 4.79 Å². The minimum Gasteiger partial charge on any atom is -0.478 e. The molecule has 0 unspecified atom stereocenters. The summed E-state index contributed by atoms with van der Waals surface area (Å²) in [5.41, 5.74) is 0.913. The zero-order valence-electron chi connectivity index (χ0n) is 8.65. The van der Waals surface area contributed by atoms with Crippen LogP contribution < -0.4 is 0 Å². The second kappa shape index (κ2) is 4.80. The summed E-state index contributed by atoms with van der Waals surface area (Å²) in [6.07, 6.45) is 1.82. The SMILES string of the molecule is O=C(O)c1ccc(C2CCOCC2)nc1Cl. The molecule has 0 radical (unpaired) electrons. The van der Waals surface area contributed by atoms with Gasteiger partial charge in [0.2, 0.25) is 0 Å². The maximum Gasteiger partial charge on any atom is 0.338 e. The van der Waals surface area contributed by atoms with E-state index in [-0.39, 0.29) is 10.7 Å². The highest BCUT2D eigenvalue weighted by atomic mass is 35.5. The second-order valence-electron chi connectivity index (χ2n) is 3.77. The van der Waals surface area contributed by atoms with E-state index in [1.165, 1.54) is 6.07 Å². The van der Waals surface area contributed by atoms with Crippen LogP contribution in [-0.4, -0.2) is 29.3 Å². The van der Waals surface area contributed by atoms with Crippen LogP contribution in [0.3, 0.4) is 0 Å². The summed E-state index contributed by atoms with van der Waals surface area (Å²) in [7, 11) is 0. The van der Waals surface area contributed by atoms with Gasteiger partial charge in [-0.05, 0) is 25.0 Å². The average molecular weight is 242 g/mol. The predicted molar refractivity (Wildman–Crippen MR) is 59.0 cm³/mol. The Kier molecular flexibility index (Phi) is 3.41. The number of hydrogen-bond donors (Lipinski definition) is 1. The van der Waals surface area contributed by atoms with Crippen molar-refractivity contribution in [2.24, 2.45) is 0 Å². The Bertz CT molecular complexity index is 402. The zero-order valence-corrected chi connectivity index (χ0v) is 9.41. The highest BCUT2D eigenvalue weighted by Crippen LogP contribution is 2.27. The normalized spacial score (nSPS) is 17.3. The van der Waals surface area contributed by atoms with E-state index in [4.69, 9.17) is 21.4 Å². The van der Waals surface area contributed by atoms with E-state index in [1.54, 1.807) is 6.07 Å². The molecular weight excluding hydrogens is 230 g/mol. The molecule has 2 heterocycles. The summed E-state index contributed by atoms with van der Waals surface area (Å²) in [6.45, 7) is 1.45. The Hall–Kier alpha value is -1.13. The van der Waals surface area contributed by atoms with Crippen molar-refractivity contribution in [1.82, 2.24) is 4.98 Å². The molecule has 4 nitrogen and oxygen atoms in total. The molecule has 16 heavy (non-hydrogen) atoms. The van der Waals surface area contributed by atoms with Gasteiger partial charge in [0.05, 0.1) is 5.56 Å². The van der Waals surface area contributed by atoms with E-state index < -0.39 is 5.97 Å². The molecule has 1 aromatic heterocycles. The molecular formula is C11H12ClNO3. The molecule has 1 fully saturated rings. The van der Waals surface area contributed by atoms with E-state index in [0.29, 0.717) is 5.92 Å². The quantitative estimate of drug-likeness (QED) is 0.808. The number of nitrogens with zero attached hydrogens (tertiary/aromatic N) is 1. The van der Waals surface area contributed by atoms with Gasteiger partial charge in [0.1, 0.15) is 5.15 Å². The van der Waals surface area contributed by atoms with Crippen molar-refractivity contribution in [2.75, 3.05) is 13.2 Å². The molecule has 1 aromatic rings. The van der Waals surface area contributed by atoms with Crippen LogP contribution in [0.4, 0.5) is 0 Å². The number of hydrogen-bond acceptors (Lipinski definition) is 3. The summed E-state index contributed by atoms with van der Waals surface area (Å²) in [6, 6.07) is 3.26. The topological polar surface area (TPSA) is 59.4 Å². The lowest BCUT2D eigenvalue weighted by atomic mass is 9.96. The summed E-state index contributed by atoms with van der Waals surface area (Å²) in [5, 5.41) is 8.89. The standard InChI is InChI=1S/C11H12ClNO3/c12-10-8(11(14)15)1-2-9(13-10)7-3-5-16-6-4-7/h1-2,7H,3-6H2,(H,14,15). The minimum atomic E-state index is -1.05. The zero-order chi connectivity index (χ0) is 11.5. The van der Waals surface area contributed by atoms with Crippen molar-refractivity contribution < 1.29 is 14.6 Å². The van der Waals surface area contributed by atoms with Gasteiger partial charge in [0.25, 0.3) is 0 Å². The van der Waals surface area contributed by atoms with E-state index in [2.05, 4.69) is 4.98 Å². The second-order valence-corrected chi connectivity index (χ2v) is 4.12. The lowest BCUT2D eigenvalue weighted by Crippen LogP contribution is -2.15. The monoisotopic (exact) mass is 241 g/mol. The van der Waals surface area contributed by atoms with Gasteiger partial charge in [-0.1, -0.05) is 11.6 Å². The number of aromatic nitrogens is 1. The first kappa shape index (κ1) is 11.4. The maximum absolute atomic E-state index is 10.8. The molecule has 1 N–H and O–H groups in total. The third-order valence-corrected chi connectivity index (χ3v) is 3.03. The fourth-order valence-corrected chi connectivity index (χ4v) is 2.07. The van der Waals surface area contributed by atoms with Crippen molar-refractivity contribution in [2.45, 2.75) is 18.8 Å². The molecule has 0 aliphatic carbocycles. The number of pyridine rings is 1. The molecule has 0 aromatic carbocycles. The van der Waals surface area contributed by atoms with Gasteiger partial charge >= 0.3 is 5.97 Å². The molecule has 0 amide bonds. The van der Waals surface area contributed by atoms with Gasteiger partial charge < -0.3 is 9.84 Å².